The van der Waals surface area contributed by atoms with Gasteiger partial charge in [0.15, 0.2) is 22.7 Å². The summed E-state index contributed by atoms with van der Waals surface area (Å²) in [4.78, 5) is 34.7. The fourth-order valence-electron chi connectivity index (χ4n) is 6.86. The zero-order valence-electron chi connectivity index (χ0n) is 30.6. The number of alkyl halides is 6. The van der Waals surface area contributed by atoms with Crippen molar-refractivity contribution in [2.24, 2.45) is 11.8 Å². The first-order valence-corrected chi connectivity index (χ1v) is 18.5. The van der Waals surface area contributed by atoms with Crippen molar-refractivity contribution >= 4 is 57.8 Å². The molecule has 4 fully saturated rings. The second-order valence-corrected chi connectivity index (χ2v) is 14.6. The third-order valence-corrected chi connectivity index (χ3v) is 9.82. The van der Waals surface area contributed by atoms with Crippen molar-refractivity contribution in [3.8, 4) is 0 Å². The molecule has 296 valence electrons. The van der Waals surface area contributed by atoms with E-state index < -0.39 is 23.7 Å². The SMILES string of the molecule is CCCC1CC(=O)N(Cc2c(C(F)(F)F)nc3ccc(C4CC4)nn23)C1.CCCC1CC(=O)N(Cc2c(C(F)(F)F)nc3ccc(Cl)nn23)C1.[Br-].[CH-]1CC1.[Mg+2]. The van der Waals surface area contributed by atoms with Crippen molar-refractivity contribution in [2.45, 2.75) is 109 Å². The summed E-state index contributed by atoms with van der Waals surface area (Å²) in [5.41, 5.74) is -1.15. The second kappa shape index (κ2) is 18.7. The first kappa shape index (κ1) is 45.0. The molecule has 2 atom stereocenters. The summed E-state index contributed by atoms with van der Waals surface area (Å²) in [7, 11) is 0. The van der Waals surface area contributed by atoms with E-state index in [0.29, 0.717) is 31.8 Å². The first-order valence-electron chi connectivity index (χ1n) is 18.1. The Balaban J connectivity index is 0.000000220. The molecule has 4 aliphatic rings. The van der Waals surface area contributed by atoms with Crippen molar-refractivity contribution in [1.82, 2.24) is 39.0 Å². The molecule has 2 aliphatic carbocycles. The van der Waals surface area contributed by atoms with Gasteiger partial charge >= 0.3 is 35.4 Å². The Morgan fingerprint density at radius 2 is 1.18 bits per heavy atom. The van der Waals surface area contributed by atoms with Gasteiger partial charge in [-0.05, 0) is 61.8 Å². The van der Waals surface area contributed by atoms with E-state index >= 15 is 0 Å². The number of hydrogen-bond donors (Lipinski definition) is 0. The average molecular weight is 872 g/mol. The Kier molecular flexibility index (Phi) is 15.3. The molecule has 0 aromatic carbocycles. The Labute approximate surface area is 346 Å². The largest absolute Gasteiger partial charge is 2.00 e. The van der Waals surface area contributed by atoms with Crippen LogP contribution in [0.4, 0.5) is 26.3 Å². The molecule has 0 bridgehead atoms. The molecule has 4 aromatic heterocycles. The molecular formula is C36H42BrClF6MgN8O2. The van der Waals surface area contributed by atoms with Gasteiger partial charge < -0.3 is 33.2 Å². The van der Waals surface area contributed by atoms with Crippen molar-refractivity contribution in [3.63, 3.8) is 0 Å². The van der Waals surface area contributed by atoms with Crippen LogP contribution < -0.4 is 17.0 Å². The molecule has 55 heavy (non-hydrogen) atoms. The van der Waals surface area contributed by atoms with Gasteiger partial charge in [-0.3, -0.25) is 9.59 Å². The molecule has 0 N–H and O–H groups in total. The number of aromatic nitrogens is 6. The van der Waals surface area contributed by atoms with Gasteiger partial charge in [0, 0.05) is 31.8 Å². The zero-order valence-corrected chi connectivity index (χ0v) is 34.4. The van der Waals surface area contributed by atoms with Gasteiger partial charge in [0.05, 0.1) is 30.2 Å². The summed E-state index contributed by atoms with van der Waals surface area (Å²) < 4.78 is 82.9. The third kappa shape index (κ3) is 11.2. The van der Waals surface area contributed by atoms with Gasteiger partial charge in [-0.1, -0.05) is 38.3 Å². The first-order chi connectivity index (χ1) is 25.2. The maximum absolute atomic E-state index is 13.5. The number of imidazole rings is 2. The summed E-state index contributed by atoms with van der Waals surface area (Å²) in [5, 5.41) is 8.39. The molecule has 2 amide bonds. The van der Waals surface area contributed by atoms with Crippen LogP contribution >= 0.6 is 11.6 Å². The van der Waals surface area contributed by atoms with Crippen LogP contribution in [-0.2, 0) is 35.0 Å². The van der Waals surface area contributed by atoms with E-state index in [1.165, 1.54) is 39.3 Å². The zero-order chi connectivity index (χ0) is 38.1. The molecule has 2 saturated heterocycles. The van der Waals surface area contributed by atoms with Crippen molar-refractivity contribution in [1.29, 1.82) is 0 Å². The van der Waals surface area contributed by atoms with E-state index in [0.717, 1.165) is 48.7 Å². The standard InChI is InChI=1S/C18H21F3N4O.C15H16ClF3N4O.C3H5.BrH.Mg/c1-2-3-11-8-16(26)24(9-11)10-14-17(18(19,20)21)22-15-7-6-13(12-4-5-12)23-25(14)15;1-2-3-9-6-13(24)22(7-9)8-10-14(15(17,18)19)20-12-5-4-11(16)21-23(10)12;1-2-3-1;;/h6-7,11-12H,2-5,8-10H2,1H3;4-5,9H,2-3,6-8H2,1H3;1H,2-3H2;1H;/q;;-1;;+2/p-1. The summed E-state index contributed by atoms with van der Waals surface area (Å²) in [6.45, 7) is 4.74. The van der Waals surface area contributed by atoms with E-state index in [1.807, 2.05) is 13.8 Å². The van der Waals surface area contributed by atoms with Gasteiger partial charge in [-0.2, -0.15) is 36.5 Å². The summed E-state index contributed by atoms with van der Waals surface area (Å²) in [6.07, 6.45) is 2.29. The van der Waals surface area contributed by atoms with Gasteiger partial charge in [-0.15, -0.1) is 0 Å². The molecule has 6 heterocycles. The maximum atomic E-state index is 13.5. The smallest absolute Gasteiger partial charge is 1.00 e. The molecule has 19 heteroatoms. The Morgan fingerprint density at radius 3 is 1.58 bits per heavy atom. The number of hydrogen-bond acceptors (Lipinski definition) is 6. The summed E-state index contributed by atoms with van der Waals surface area (Å²) >= 11 is 5.80. The van der Waals surface area contributed by atoms with Crippen LogP contribution in [0.15, 0.2) is 24.3 Å². The second-order valence-electron chi connectivity index (χ2n) is 14.2. The van der Waals surface area contributed by atoms with Crippen LogP contribution in [0.2, 0.25) is 5.15 Å². The molecule has 0 spiro atoms. The van der Waals surface area contributed by atoms with E-state index in [4.69, 9.17) is 11.6 Å². The predicted octanol–water partition coefficient (Wildman–Crippen LogP) is 4.93. The number of carbonyl (C=O) groups is 2. The fourth-order valence-corrected chi connectivity index (χ4v) is 7.00. The molecule has 8 rings (SSSR count). The van der Waals surface area contributed by atoms with Crippen molar-refractivity contribution < 1.29 is 52.9 Å². The van der Waals surface area contributed by atoms with Crippen molar-refractivity contribution in [2.75, 3.05) is 13.1 Å². The van der Waals surface area contributed by atoms with Crippen LogP contribution in [0.1, 0.15) is 112 Å². The number of nitrogens with zero attached hydrogens (tertiary/aromatic N) is 8. The molecule has 2 aliphatic heterocycles. The topological polar surface area (TPSA) is 101 Å². The molecule has 2 unspecified atom stereocenters. The van der Waals surface area contributed by atoms with Crippen LogP contribution in [0.3, 0.4) is 0 Å². The molecule has 4 aromatic rings. The fraction of sp³-hybridized carbons (Fsp3) is 0.583. The molecule has 2 saturated carbocycles. The normalized spacial score (nSPS) is 19.5. The minimum atomic E-state index is -4.62. The van der Waals surface area contributed by atoms with Crippen LogP contribution in [0.5, 0.6) is 0 Å². The van der Waals surface area contributed by atoms with E-state index in [2.05, 4.69) is 26.6 Å². The van der Waals surface area contributed by atoms with Crippen LogP contribution in [-0.4, -0.2) is 87.0 Å². The van der Waals surface area contributed by atoms with Gasteiger partial charge in [0.25, 0.3) is 0 Å². The molecular weight excluding hydrogens is 830 g/mol. The van der Waals surface area contributed by atoms with Gasteiger partial charge in [0.1, 0.15) is 5.15 Å². The minimum Gasteiger partial charge on any atom is -1.00 e. The Morgan fingerprint density at radius 1 is 0.745 bits per heavy atom. The monoisotopic (exact) mass is 870 g/mol. The van der Waals surface area contributed by atoms with E-state index in [1.54, 1.807) is 12.1 Å². The average Bonchev–Trinajstić information content (AvgIpc) is 4.02. The number of likely N-dealkylation sites (tertiary alicyclic amines) is 2. The quantitative estimate of drug-likeness (QED) is 0.135. The maximum Gasteiger partial charge on any atom is 2.00 e. The number of amides is 2. The van der Waals surface area contributed by atoms with Crippen LogP contribution in [0, 0.1) is 18.3 Å². The molecule has 10 nitrogen and oxygen atoms in total. The van der Waals surface area contributed by atoms with Crippen LogP contribution in [0.25, 0.3) is 11.3 Å². The Bertz CT molecular complexity index is 1950. The van der Waals surface area contributed by atoms with E-state index in [9.17, 15) is 35.9 Å². The number of carbonyl (C=O) groups excluding carboxylic acids is 2. The molecule has 0 radical (unpaired) electrons. The number of fused-ring (bicyclic) bond motifs is 2. The predicted molar refractivity (Wildman–Crippen MR) is 189 cm³/mol. The van der Waals surface area contributed by atoms with Gasteiger partial charge in [-0.25, -0.2) is 31.8 Å². The number of halogens is 8. The summed E-state index contributed by atoms with van der Waals surface area (Å²) in [6, 6.07) is 6.10. The minimum absolute atomic E-state index is 0. The Hall–Kier alpha value is -2.70. The summed E-state index contributed by atoms with van der Waals surface area (Å²) in [5.74, 6) is 0.498. The third-order valence-electron chi connectivity index (χ3n) is 9.61. The van der Waals surface area contributed by atoms with E-state index in [-0.39, 0.29) is 105 Å². The van der Waals surface area contributed by atoms with Gasteiger partial charge in [0.2, 0.25) is 11.8 Å². The van der Waals surface area contributed by atoms with Crippen molar-refractivity contribution in [3.05, 3.63) is 64.3 Å². The number of rotatable bonds is 9.